The summed E-state index contributed by atoms with van der Waals surface area (Å²) >= 11 is 0. The van der Waals surface area contributed by atoms with Crippen molar-refractivity contribution in [1.29, 1.82) is 0 Å². The zero-order valence-electron chi connectivity index (χ0n) is 10.0. The third-order valence-corrected chi connectivity index (χ3v) is 2.84. The molecule has 88 valence electrons. The van der Waals surface area contributed by atoms with Gasteiger partial charge in [0.05, 0.1) is 0 Å². The van der Waals surface area contributed by atoms with Crippen LogP contribution in [0, 0.1) is 0 Å². The fraction of sp³-hybridized carbons (Fsp3) is 0.909. The van der Waals surface area contributed by atoms with Crippen molar-refractivity contribution in [1.82, 2.24) is 10.2 Å². The second-order valence-corrected chi connectivity index (χ2v) is 4.85. The summed E-state index contributed by atoms with van der Waals surface area (Å²) in [6.07, 6.45) is 3.43. The van der Waals surface area contributed by atoms with E-state index >= 15 is 0 Å². The first-order valence-corrected chi connectivity index (χ1v) is 5.74. The minimum atomic E-state index is -0.578. The summed E-state index contributed by atoms with van der Waals surface area (Å²) in [7, 11) is 2.03. The first-order chi connectivity index (χ1) is 6.98. The summed E-state index contributed by atoms with van der Waals surface area (Å²) in [5.41, 5.74) is 4.89. The maximum absolute atomic E-state index is 11.5. The van der Waals surface area contributed by atoms with E-state index in [1.54, 1.807) is 0 Å². The average Bonchev–Trinajstić information content (AvgIpc) is 2.87. The minimum Gasteiger partial charge on any atom is -0.368 e. The number of nitrogens with two attached hydrogens (primary N) is 1. The lowest BCUT2D eigenvalue weighted by Gasteiger charge is -2.32. The third-order valence-electron chi connectivity index (χ3n) is 2.84. The Bertz CT molecular complexity index is 228. The molecule has 3 N–H and O–H groups in total. The smallest absolute Gasteiger partial charge is 0.238 e. The summed E-state index contributed by atoms with van der Waals surface area (Å²) < 4.78 is 0. The molecule has 4 nitrogen and oxygen atoms in total. The van der Waals surface area contributed by atoms with Crippen LogP contribution in [0.4, 0.5) is 0 Å². The fourth-order valence-corrected chi connectivity index (χ4v) is 1.87. The molecule has 0 spiro atoms. The molecular weight excluding hydrogens is 190 g/mol. The van der Waals surface area contributed by atoms with E-state index in [9.17, 15) is 4.79 Å². The summed E-state index contributed by atoms with van der Waals surface area (Å²) in [5, 5.41) is 3.34. The molecule has 1 fully saturated rings. The largest absolute Gasteiger partial charge is 0.368 e. The highest BCUT2D eigenvalue weighted by Gasteiger charge is 2.37. The molecule has 1 aliphatic carbocycles. The lowest BCUT2D eigenvalue weighted by Crippen LogP contribution is -2.59. The number of hydrogen-bond acceptors (Lipinski definition) is 3. The molecule has 15 heavy (non-hydrogen) atoms. The second kappa shape index (κ2) is 4.94. The Labute approximate surface area is 92.2 Å². The monoisotopic (exact) mass is 213 g/mol. The molecule has 0 heterocycles. The van der Waals surface area contributed by atoms with Gasteiger partial charge in [-0.15, -0.1) is 0 Å². The molecule has 0 bridgehead atoms. The molecule has 1 saturated carbocycles. The Kier molecular flexibility index (Phi) is 4.11. The van der Waals surface area contributed by atoms with Crippen molar-refractivity contribution in [3.63, 3.8) is 0 Å². The Morgan fingerprint density at radius 3 is 2.60 bits per heavy atom. The van der Waals surface area contributed by atoms with E-state index in [0.717, 1.165) is 13.0 Å². The average molecular weight is 213 g/mol. The van der Waals surface area contributed by atoms with Gasteiger partial charge in [-0.2, -0.15) is 0 Å². The molecule has 4 heteroatoms. The molecule has 1 aliphatic rings. The van der Waals surface area contributed by atoms with Gasteiger partial charge >= 0.3 is 0 Å². The van der Waals surface area contributed by atoms with Crippen LogP contribution < -0.4 is 11.1 Å². The number of nitrogens with one attached hydrogen (secondary N) is 1. The van der Waals surface area contributed by atoms with Crippen molar-refractivity contribution in [2.75, 3.05) is 20.1 Å². The van der Waals surface area contributed by atoms with Crippen molar-refractivity contribution in [3.05, 3.63) is 0 Å². The number of primary amides is 1. The van der Waals surface area contributed by atoms with E-state index in [4.69, 9.17) is 5.73 Å². The zero-order valence-corrected chi connectivity index (χ0v) is 10.0. The van der Waals surface area contributed by atoms with Gasteiger partial charge in [-0.3, -0.25) is 10.1 Å². The van der Waals surface area contributed by atoms with Gasteiger partial charge in [0.2, 0.25) is 5.91 Å². The standard InChI is InChI=1S/C11H23N3O/c1-4-7-14(3)8-11(2,10(12)15)13-9-5-6-9/h9,13H,4-8H2,1-3H3,(H2,12,15). The third kappa shape index (κ3) is 3.80. The normalized spacial score (nSPS) is 20.3. The van der Waals surface area contributed by atoms with E-state index in [2.05, 4.69) is 17.1 Å². The topological polar surface area (TPSA) is 58.4 Å². The number of carbonyl (C=O) groups excluding carboxylic acids is 1. The molecule has 1 rings (SSSR count). The predicted molar refractivity (Wildman–Crippen MR) is 61.5 cm³/mol. The highest BCUT2D eigenvalue weighted by atomic mass is 16.1. The van der Waals surface area contributed by atoms with Gasteiger partial charge in [-0.1, -0.05) is 6.92 Å². The van der Waals surface area contributed by atoms with Gasteiger partial charge in [0, 0.05) is 12.6 Å². The van der Waals surface area contributed by atoms with Crippen LogP contribution in [0.1, 0.15) is 33.1 Å². The van der Waals surface area contributed by atoms with Crippen molar-refractivity contribution >= 4 is 5.91 Å². The first kappa shape index (κ1) is 12.5. The van der Waals surface area contributed by atoms with E-state index in [-0.39, 0.29) is 5.91 Å². The highest BCUT2D eigenvalue weighted by Crippen LogP contribution is 2.22. The second-order valence-electron chi connectivity index (χ2n) is 4.85. The Morgan fingerprint density at radius 2 is 2.20 bits per heavy atom. The zero-order chi connectivity index (χ0) is 11.5. The van der Waals surface area contributed by atoms with Crippen LogP contribution in [0.25, 0.3) is 0 Å². The molecule has 1 amide bonds. The highest BCUT2D eigenvalue weighted by molar-refractivity contribution is 5.84. The predicted octanol–water partition coefficient (Wildman–Crippen LogP) is 0.324. The van der Waals surface area contributed by atoms with Gasteiger partial charge in [-0.25, -0.2) is 0 Å². The van der Waals surface area contributed by atoms with Gasteiger partial charge < -0.3 is 10.6 Å². The SMILES string of the molecule is CCCN(C)CC(C)(NC1CC1)C(N)=O. The van der Waals surface area contributed by atoms with Gasteiger partial charge in [0.1, 0.15) is 5.54 Å². The number of carbonyl (C=O) groups is 1. The lowest BCUT2D eigenvalue weighted by molar-refractivity contribution is -0.124. The van der Waals surface area contributed by atoms with E-state index < -0.39 is 5.54 Å². The van der Waals surface area contributed by atoms with Crippen molar-refractivity contribution in [3.8, 4) is 0 Å². The van der Waals surface area contributed by atoms with Crippen LogP contribution in [0.5, 0.6) is 0 Å². The van der Waals surface area contributed by atoms with E-state index in [0.29, 0.717) is 12.6 Å². The van der Waals surface area contributed by atoms with Crippen LogP contribution in [0.15, 0.2) is 0 Å². The molecule has 0 aromatic rings. The Balaban J connectivity index is 2.50. The van der Waals surface area contributed by atoms with Crippen molar-refractivity contribution in [2.24, 2.45) is 5.73 Å². The number of hydrogen-bond donors (Lipinski definition) is 2. The van der Waals surface area contributed by atoms with Crippen LogP contribution >= 0.6 is 0 Å². The molecular formula is C11H23N3O. The number of likely N-dealkylation sites (N-methyl/N-ethyl adjacent to an activating group) is 1. The summed E-state index contributed by atoms with van der Waals surface area (Å²) in [4.78, 5) is 13.6. The van der Waals surface area contributed by atoms with E-state index in [1.807, 2.05) is 14.0 Å². The van der Waals surface area contributed by atoms with Gasteiger partial charge in [0.25, 0.3) is 0 Å². The Morgan fingerprint density at radius 1 is 1.60 bits per heavy atom. The minimum absolute atomic E-state index is 0.252. The molecule has 0 aromatic carbocycles. The van der Waals surface area contributed by atoms with Crippen molar-refractivity contribution in [2.45, 2.75) is 44.7 Å². The molecule has 0 radical (unpaired) electrons. The van der Waals surface area contributed by atoms with E-state index in [1.165, 1.54) is 12.8 Å². The fourth-order valence-electron chi connectivity index (χ4n) is 1.87. The van der Waals surface area contributed by atoms with Crippen LogP contribution in [-0.2, 0) is 4.79 Å². The number of amides is 1. The molecule has 0 aliphatic heterocycles. The summed E-state index contributed by atoms with van der Waals surface area (Å²) in [6, 6.07) is 0.498. The van der Waals surface area contributed by atoms with Crippen LogP contribution in [0.2, 0.25) is 0 Å². The molecule has 0 saturated heterocycles. The van der Waals surface area contributed by atoms with Crippen LogP contribution in [-0.4, -0.2) is 42.5 Å². The molecule has 1 atom stereocenters. The molecule has 0 aromatic heterocycles. The lowest BCUT2D eigenvalue weighted by atomic mass is 10.0. The Hall–Kier alpha value is -0.610. The number of rotatable bonds is 7. The van der Waals surface area contributed by atoms with Gasteiger partial charge in [-0.05, 0) is 39.8 Å². The quantitative estimate of drug-likeness (QED) is 0.640. The van der Waals surface area contributed by atoms with Crippen molar-refractivity contribution < 1.29 is 4.79 Å². The summed E-state index contributed by atoms with van der Waals surface area (Å²) in [6.45, 7) is 5.72. The van der Waals surface area contributed by atoms with Crippen LogP contribution in [0.3, 0.4) is 0 Å². The maximum Gasteiger partial charge on any atom is 0.238 e. The van der Waals surface area contributed by atoms with Gasteiger partial charge in [0.15, 0.2) is 0 Å². The molecule has 1 unspecified atom stereocenters. The maximum atomic E-state index is 11.5. The number of nitrogens with zero attached hydrogens (tertiary/aromatic N) is 1. The first-order valence-electron chi connectivity index (χ1n) is 5.74. The summed E-state index contributed by atoms with van der Waals surface area (Å²) in [5.74, 6) is -0.252.